The van der Waals surface area contributed by atoms with Crippen LogP contribution < -0.4 is 16.8 Å². The van der Waals surface area contributed by atoms with Gasteiger partial charge in [0.15, 0.2) is 5.84 Å². The minimum atomic E-state index is -1.02. The van der Waals surface area contributed by atoms with Gasteiger partial charge in [-0.1, -0.05) is 24.4 Å². The zero-order chi connectivity index (χ0) is 13.8. The summed E-state index contributed by atoms with van der Waals surface area (Å²) >= 11 is 0. The number of nitrogens with one attached hydrogen (secondary N) is 1. The minimum absolute atomic E-state index is 0.101. The molecule has 18 heavy (non-hydrogen) atoms. The first-order valence-corrected chi connectivity index (χ1v) is 6.02. The van der Waals surface area contributed by atoms with E-state index in [4.69, 9.17) is 16.7 Å². The first-order chi connectivity index (χ1) is 8.44. The van der Waals surface area contributed by atoms with Crippen molar-refractivity contribution < 1.29 is 14.8 Å². The van der Waals surface area contributed by atoms with Gasteiger partial charge in [0.1, 0.15) is 11.5 Å². The van der Waals surface area contributed by atoms with E-state index in [1.54, 1.807) is 0 Å². The molecule has 1 fully saturated rings. The highest BCUT2D eigenvalue weighted by molar-refractivity contribution is 6.07. The number of amidine groups is 1. The maximum absolute atomic E-state index is 12.2. The Morgan fingerprint density at radius 2 is 1.83 bits per heavy atom. The van der Waals surface area contributed by atoms with Crippen LogP contribution in [-0.2, 0) is 9.59 Å². The molecule has 0 aromatic carbocycles. The van der Waals surface area contributed by atoms with E-state index < -0.39 is 23.3 Å². The van der Waals surface area contributed by atoms with Crippen LogP contribution in [0.3, 0.4) is 0 Å². The number of hydrogen-bond acceptors (Lipinski definition) is 4. The van der Waals surface area contributed by atoms with E-state index in [0.29, 0.717) is 12.8 Å². The van der Waals surface area contributed by atoms with Gasteiger partial charge in [-0.3, -0.25) is 9.59 Å². The second-order valence-electron chi connectivity index (χ2n) is 4.73. The number of amides is 2. The van der Waals surface area contributed by atoms with Gasteiger partial charge < -0.3 is 22.0 Å². The number of oxime groups is 1. The maximum atomic E-state index is 12.2. The normalized spacial score (nSPS) is 21.1. The van der Waals surface area contributed by atoms with Crippen LogP contribution in [0.25, 0.3) is 0 Å². The van der Waals surface area contributed by atoms with Crippen LogP contribution >= 0.6 is 0 Å². The molecule has 1 atom stereocenters. The summed E-state index contributed by atoms with van der Waals surface area (Å²) in [4.78, 5) is 23.2. The van der Waals surface area contributed by atoms with Crippen molar-refractivity contribution in [1.82, 2.24) is 5.32 Å². The lowest BCUT2D eigenvalue weighted by atomic mass is 9.72. The van der Waals surface area contributed by atoms with Crippen LogP contribution in [0.2, 0.25) is 0 Å². The SMILES string of the molecule is CC(NC(=O)C1(C(N)=NO)CCCCC1)C(N)=O. The average Bonchev–Trinajstić information content (AvgIpc) is 2.38. The van der Waals surface area contributed by atoms with E-state index in [0.717, 1.165) is 19.3 Å². The third-order valence-corrected chi connectivity index (χ3v) is 3.51. The number of carbonyl (C=O) groups excluding carboxylic acids is 2. The summed E-state index contributed by atoms with van der Waals surface area (Å²) in [6, 6.07) is -0.775. The molecule has 0 aromatic rings. The summed E-state index contributed by atoms with van der Waals surface area (Å²) in [5.74, 6) is -1.12. The Morgan fingerprint density at radius 3 is 2.28 bits per heavy atom. The number of nitrogens with two attached hydrogens (primary N) is 2. The second-order valence-corrected chi connectivity index (χ2v) is 4.73. The van der Waals surface area contributed by atoms with Gasteiger partial charge in [0, 0.05) is 0 Å². The largest absolute Gasteiger partial charge is 0.409 e. The molecule has 0 aromatic heterocycles. The fraction of sp³-hybridized carbons (Fsp3) is 0.727. The van der Waals surface area contributed by atoms with Crippen molar-refractivity contribution >= 4 is 17.6 Å². The molecule has 0 spiro atoms. The molecule has 1 unspecified atom stereocenters. The van der Waals surface area contributed by atoms with E-state index in [9.17, 15) is 9.59 Å². The fourth-order valence-electron chi connectivity index (χ4n) is 2.26. The average molecular weight is 256 g/mol. The van der Waals surface area contributed by atoms with Gasteiger partial charge in [-0.05, 0) is 19.8 Å². The highest BCUT2D eigenvalue weighted by Gasteiger charge is 2.44. The molecule has 2 amide bonds. The molecule has 7 heteroatoms. The summed E-state index contributed by atoms with van der Waals surface area (Å²) in [7, 11) is 0. The van der Waals surface area contributed by atoms with E-state index in [1.807, 2.05) is 0 Å². The molecule has 1 rings (SSSR count). The fourth-order valence-corrected chi connectivity index (χ4v) is 2.26. The maximum Gasteiger partial charge on any atom is 0.239 e. The van der Waals surface area contributed by atoms with Crippen molar-refractivity contribution in [2.75, 3.05) is 0 Å². The number of nitrogens with zero attached hydrogens (tertiary/aromatic N) is 1. The molecular weight excluding hydrogens is 236 g/mol. The molecule has 6 N–H and O–H groups in total. The standard InChI is InChI=1S/C11H20N4O3/c1-7(8(12)16)14-10(17)11(9(13)15-18)5-3-2-4-6-11/h7,18H,2-6H2,1H3,(H2,12,16)(H2,13,15)(H,14,17). The molecule has 0 bridgehead atoms. The third-order valence-electron chi connectivity index (χ3n) is 3.51. The zero-order valence-electron chi connectivity index (χ0n) is 10.5. The van der Waals surface area contributed by atoms with E-state index in [1.165, 1.54) is 6.92 Å². The first-order valence-electron chi connectivity index (χ1n) is 6.02. The van der Waals surface area contributed by atoms with Crippen molar-refractivity contribution in [2.24, 2.45) is 22.0 Å². The van der Waals surface area contributed by atoms with Gasteiger partial charge >= 0.3 is 0 Å². The minimum Gasteiger partial charge on any atom is -0.409 e. The highest BCUT2D eigenvalue weighted by Crippen LogP contribution is 2.36. The number of primary amides is 1. The number of rotatable bonds is 4. The molecular formula is C11H20N4O3. The van der Waals surface area contributed by atoms with Crippen molar-refractivity contribution in [1.29, 1.82) is 0 Å². The lowest BCUT2D eigenvalue weighted by Gasteiger charge is -2.35. The summed E-state index contributed by atoms with van der Waals surface area (Å²) in [6.07, 6.45) is 3.70. The predicted octanol–water partition coefficient (Wildman–Crippen LogP) is -0.327. The van der Waals surface area contributed by atoms with Gasteiger partial charge in [-0.25, -0.2) is 0 Å². The Hall–Kier alpha value is -1.79. The Morgan fingerprint density at radius 1 is 1.28 bits per heavy atom. The van der Waals surface area contributed by atoms with Crippen LogP contribution in [0, 0.1) is 5.41 Å². The van der Waals surface area contributed by atoms with Crippen molar-refractivity contribution in [3.8, 4) is 0 Å². The highest BCUT2D eigenvalue weighted by atomic mass is 16.4. The molecule has 0 heterocycles. The lowest BCUT2D eigenvalue weighted by Crippen LogP contribution is -2.54. The van der Waals surface area contributed by atoms with Gasteiger partial charge in [0.2, 0.25) is 11.8 Å². The van der Waals surface area contributed by atoms with Gasteiger partial charge in [-0.2, -0.15) is 0 Å². The summed E-state index contributed by atoms with van der Waals surface area (Å²) in [5, 5.41) is 14.3. The van der Waals surface area contributed by atoms with Crippen LogP contribution in [0.15, 0.2) is 5.16 Å². The molecule has 102 valence electrons. The summed E-state index contributed by atoms with van der Waals surface area (Å²) in [6.45, 7) is 1.50. The quantitative estimate of drug-likeness (QED) is 0.237. The Kier molecular flexibility index (Phi) is 4.52. The molecule has 7 nitrogen and oxygen atoms in total. The smallest absolute Gasteiger partial charge is 0.239 e. The van der Waals surface area contributed by atoms with Crippen molar-refractivity contribution in [3.63, 3.8) is 0 Å². The Labute approximate surface area is 106 Å². The van der Waals surface area contributed by atoms with Gasteiger partial charge in [0.25, 0.3) is 0 Å². The monoisotopic (exact) mass is 256 g/mol. The van der Waals surface area contributed by atoms with E-state index >= 15 is 0 Å². The molecule has 0 aliphatic heterocycles. The molecule has 0 saturated heterocycles. The Balaban J connectivity index is 2.90. The molecule has 1 aliphatic carbocycles. The van der Waals surface area contributed by atoms with Crippen LogP contribution in [0.1, 0.15) is 39.0 Å². The van der Waals surface area contributed by atoms with Gasteiger partial charge in [-0.15, -0.1) is 0 Å². The molecule has 1 aliphatic rings. The molecule has 0 radical (unpaired) electrons. The topological polar surface area (TPSA) is 131 Å². The predicted molar refractivity (Wildman–Crippen MR) is 65.7 cm³/mol. The third kappa shape index (κ3) is 2.72. The van der Waals surface area contributed by atoms with Crippen molar-refractivity contribution in [2.45, 2.75) is 45.1 Å². The number of hydrogen-bond donors (Lipinski definition) is 4. The first kappa shape index (κ1) is 14.3. The Bertz CT molecular complexity index is 361. The van der Waals surface area contributed by atoms with Crippen molar-refractivity contribution in [3.05, 3.63) is 0 Å². The lowest BCUT2D eigenvalue weighted by molar-refractivity contribution is -0.132. The van der Waals surface area contributed by atoms with E-state index in [-0.39, 0.29) is 5.84 Å². The van der Waals surface area contributed by atoms with Crippen LogP contribution in [-0.4, -0.2) is 28.9 Å². The zero-order valence-corrected chi connectivity index (χ0v) is 10.5. The van der Waals surface area contributed by atoms with Crippen LogP contribution in [0.4, 0.5) is 0 Å². The van der Waals surface area contributed by atoms with Crippen LogP contribution in [0.5, 0.6) is 0 Å². The summed E-state index contributed by atoms with van der Waals surface area (Å²) < 4.78 is 0. The summed E-state index contributed by atoms with van der Waals surface area (Å²) in [5.41, 5.74) is 9.74. The van der Waals surface area contributed by atoms with Gasteiger partial charge in [0.05, 0.1) is 0 Å². The number of carbonyl (C=O) groups is 2. The van der Waals surface area contributed by atoms with E-state index in [2.05, 4.69) is 10.5 Å². The molecule has 1 saturated carbocycles. The second kappa shape index (κ2) is 5.70.